The Labute approximate surface area is 85.0 Å². The normalized spacial score (nSPS) is 13.8. The van der Waals surface area contributed by atoms with Crippen LogP contribution in [0.15, 0.2) is 0 Å². The van der Waals surface area contributed by atoms with Crippen molar-refractivity contribution in [1.82, 2.24) is 0 Å². The zero-order valence-corrected chi connectivity index (χ0v) is 10.1. The highest BCUT2D eigenvalue weighted by Crippen LogP contribution is 2.07. The van der Waals surface area contributed by atoms with Gasteiger partial charge >= 0.3 is 0 Å². The first kappa shape index (κ1) is 12.4. The number of rotatable bonds is 7. The van der Waals surface area contributed by atoms with Gasteiger partial charge in [-0.3, -0.25) is 0 Å². The van der Waals surface area contributed by atoms with Gasteiger partial charge in [0.2, 0.25) is 0 Å². The summed E-state index contributed by atoms with van der Waals surface area (Å²) in [7, 11) is 0. The number of alkyl halides is 1. The fourth-order valence-corrected chi connectivity index (χ4v) is 1.49. The summed E-state index contributed by atoms with van der Waals surface area (Å²) < 4.78 is 5.56. The molecule has 0 aliphatic carbocycles. The van der Waals surface area contributed by atoms with Crippen LogP contribution >= 0.6 is 15.9 Å². The zero-order chi connectivity index (χ0) is 9.40. The highest BCUT2D eigenvalue weighted by molar-refractivity contribution is 9.09. The summed E-state index contributed by atoms with van der Waals surface area (Å²) in [6.07, 6.45) is 2.38. The Morgan fingerprint density at radius 2 is 2.00 bits per heavy atom. The number of ether oxygens (including phenoxy) is 1. The van der Waals surface area contributed by atoms with Gasteiger partial charge in [-0.1, -0.05) is 43.1 Å². The Hall–Kier alpha value is 0.440. The van der Waals surface area contributed by atoms with E-state index < -0.39 is 0 Å². The third-order valence-electron chi connectivity index (χ3n) is 1.99. The number of halogens is 1. The Bertz CT molecular complexity index is 89.8. The van der Waals surface area contributed by atoms with Gasteiger partial charge in [0.15, 0.2) is 0 Å². The van der Waals surface area contributed by atoms with E-state index in [0.29, 0.717) is 5.92 Å². The van der Waals surface area contributed by atoms with Gasteiger partial charge in [-0.25, -0.2) is 0 Å². The third kappa shape index (κ3) is 7.11. The minimum Gasteiger partial charge on any atom is -0.381 e. The van der Waals surface area contributed by atoms with E-state index in [1.807, 2.05) is 0 Å². The molecule has 0 radical (unpaired) electrons. The van der Waals surface area contributed by atoms with E-state index in [9.17, 15) is 0 Å². The van der Waals surface area contributed by atoms with E-state index in [4.69, 9.17) is 4.74 Å². The van der Waals surface area contributed by atoms with Crippen molar-refractivity contribution in [1.29, 1.82) is 0 Å². The monoisotopic (exact) mass is 236 g/mol. The van der Waals surface area contributed by atoms with Crippen LogP contribution in [0.3, 0.4) is 0 Å². The molecule has 0 bridgehead atoms. The van der Waals surface area contributed by atoms with Gasteiger partial charge in [0.25, 0.3) is 0 Å². The van der Waals surface area contributed by atoms with Crippen LogP contribution in [0.1, 0.15) is 33.6 Å². The maximum atomic E-state index is 5.56. The van der Waals surface area contributed by atoms with Crippen molar-refractivity contribution in [3.63, 3.8) is 0 Å². The number of hydrogen-bond acceptors (Lipinski definition) is 1. The molecule has 74 valence electrons. The maximum Gasteiger partial charge on any atom is 0.0502 e. The molecule has 0 spiro atoms. The summed E-state index contributed by atoms with van der Waals surface area (Å²) in [6.45, 7) is 8.49. The Morgan fingerprint density at radius 1 is 1.33 bits per heavy atom. The Balaban J connectivity index is 3.17. The van der Waals surface area contributed by atoms with Crippen LogP contribution in [0.25, 0.3) is 0 Å². The molecule has 0 heterocycles. The molecule has 0 N–H and O–H groups in total. The van der Waals surface area contributed by atoms with Crippen LogP contribution in [0.5, 0.6) is 0 Å². The summed E-state index contributed by atoms with van der Waals surface area (Å²) in [5.41, 5.74) is 0. The molecule has 12 heavy (non-hydrogen) atoms. The lowest BCUT2D eigenvalue weighted by Crippen LogP contribution is -2.11. The minimum absolute atomic E-state index is 0.692. The van der Waals surface area contributed by atoms with E-state index in [1.54, 1.807) is 0 Å². The summed E-state index contributed by atoms with van der Waals surface area (Å²) in [5, 5.41) is 1.06. The molecule has 0 aromatic heterocycles. The highest BCUT2D eigenvalue weighted by atomic mass is 79.9. The van der Waals surface area contributed by atoms with Crippen molar-refractivity contribution < 1.29 is 4.74 Å². The van der Waals surface area contributed by atoms with Crippen LogP contribution in [0.4, 0.5) is 0 Å². The fraction of sp³-hybridized carbons (Fsp3) is 1.00. The molecule has 0 aliphatic rings. The standard InChI is InChI=1S/C10H21BrO/c1-4-10(7-11)8-12-6-5-9(2)3/h9-10H,4-8H2,1-3H3. The van der Waals surface area contributed by atoms with Gasteiger partial charge in [0, 0.05) is 11.9 Å². The summed E-state index contributed by atoms with van der Waals surface area (Å²) in [4.78, 5) is 0. The van der Waals surface area contributed by atoms with Gasteiger partial charge < -0.3 is 4.74 Å². The van der Waals surface area contributed by atoms with Gasteiger partial charge in [-0.05, 0) is 18.3 Å². The van der Waals surface area contributed by atoms with Crippen LogP contribution in [0.2, 0.25) is 0 Å². The maximum absolute atomic E-state index is 5.56. The van der Waals surface area contributed by atoms with Crippen molar-refractivity contribution >= 4 is 15.9 Å². The molecule has 0 rings (SSSR count). The lowest BCUT2D eigenvalue weighted by Gasteiger charge is -2.12. The first-order valence-corrected chi connectivity index (χ1v) is 5.96. The van der Waals surface area contributed by atoms with Gasteiger partial charge in [-0.15, -0.1) is 0 Å². The van der Waals surface area contributed by atoms with Crippen LogP contribution < -0.4 is 0 Å². The van der Waals surface area contributed by atoms with Crippen LogP contribution in [-0.2, 0) is 4.74 Å². The molecule has 0 amide bonds. The third-order valence-corrected chi connectivity index (χ3v) is 2.90. The van der Waals surface area contributed by atoms with E-state index in [0.717, 1.165) is 24.5 Å². The van der Waals surface area contributed by atoms with E-state index in [-0.39, 0.29) is 0 Å². The van der Waals surface area contributed by atoms with E-state index >= 15 is 0 Å². The number of hydrogen-bond donors (Lipinski definition) is 0. The lowest BCUT2D eigenvalue weighted by atomic mass is 10.1. The Morgan fingerprint density at radius 3 is 2.42 bits per heavy atom. The quantitative estimate of drug-likeness (QED) is 0.486. The van der Waals surface area contributed by atoms with Crippen LogP contribution in [0, 0.1) is 11.8 Å². The van der Waals surface area contributed by atoms with Gasteiger partial charge in [-0.2, -0.15) is 0 Å². The summed E-state index contributed by atoms with van der Waals surface area (Å²) >= 11 is 3.48. The molecule has 0 fully saturated rings. The van der Waals surface area contributed by atoms with Gasteiger partial charge in [0.05, 0.1) is 6.61 Å². The van der Waals surface area contributed by atoms with Crippen LogP contribution in [-0.4, -0.2) is 18.5 Å². The molecule has 1 atom stereocenters. The molecule has 1 unspecified atom stereocenters. The highest BCUT2D eigenvalue weighted by Gasteiger charge is 2.03. The molecular weight excluding hydrogens is 216 g/mol. The second kappa shape index (κ2) is 8.06. The molecule has 0 saturated carbocycles. The first-order chi connectivity index (χ1) is 5.70. The summed E-state index contributed by atoms with van der Waals surface area (Å²) in [6, 6.07) is 0. The fourth-order valence-electron chi connectivity index (χ4n) is 0.841. The van der Waals surface area contributed by atoms with E-state index in [2.05, 4.69) is 36.7 Å². The topological polar surface area (TPSA) is 9.23 Å². The Kier molecular flexibility index (Phi) is 8.35. The molecular formula is C10H21BrO. The predicted octanol–water partition coefficient (Wildman–Crippen LogP) is 3.47. The average molecular weight is 237 g/mol. The van der Waals surface area contributed by atoms with Crippen molar-refractivity contribution in [2.45, 2.75) is 33.6 Å². The molecule has 0 aromatic carbocycles. The molecule has 0 saturated heterocycles. The molecule has 2 heteroatoms. The predicted molar refractivity (Wildman–Crippen MR) is 57.8 cm³/mol. The SMILES string of the molecule is CCC(CBr)COCCC(C)C. The van der Waals surface area contributed by atoms with Crippen molar-refractivity contribution in [3.8, 4) is 0 Å². The second-order valence-electron chi connectivity index (χ2n) is 3.69. The molecule has 0 aliphatic heterocycles. The lowest BCUT2D eigenvalue weighted by molar-refractivity contribution is 0.0966. The molecule has 1 nitrogen and oxygen atoms in total. The minimum atomic E-state index is 0.692. The largest absolute Gasteiger partial charge is 0.381 e. The first-order valence-electron chi connectivity index (χ1n) is 4.84. The van der Waals surface area contributed by atoms with Crippen molar-refractivity contribution in [2.24, 2.45) is 11.8 Å². The average Bonchev–Trinajstić information content (AvgIpc) is 2.04. The smallest absolute Gasteiger partial charge is 0.0502 e. The summed E-state index contributed by atoms with van der Waals surface area (Å²) in [5.74, 6) is 1.45. The second-order valence-corrected chi connectivity index (χ2v) is 4.33. The zero-order valence-electron chi connectivity index (χ0n) is 8.48. The van der Waals surface area contributed by atoms with Gasteiger partial charge in [0.1, 0.15) is 0 Å². The van der Waals surface area contributed by atoms with E-state index in [1.165, 1.54) is 12.8 Å². The van der Waals surface area contributed by atoms with Crippen molar-refractivity contribution in [3.05, 3.63) is 0 Å². The molecule has 0 aromatic rings. The van der Waals surface area contributed by atoms with Crippen molar-refractivity contribution in [2.75, 3.05) is 18.5 Å².